The van der Waals surface area contributed by atoms with Gasteiger partial charge in [0.2, 0.25) is 0 Å². The van der Waals surface area contributed by atoms with Gasteiger partial charge in [-0.25, -0.2) is 4.79 Å². The number of hydrogen-bond donors (Lipinski definition) is 4. The molecule has 82 valence electrons. The summed E-state index contributed by atoms with van der Waals surface area (Å²) in [6, 6.07) is 6.07. The third kappa shape index (κ3) is 3.86. The van der Waals surface area contributed by atoms with Gasteiger partial charge in [0.05, 0.1) is 5.69 Å². The number of anilines is 1. The normalized spacial score (nSPS) is 9.67. The number of aliphatic hydroxyl groups is 1. The minimum Gasteiger partial charge on any atom is -0.506 e. The maximum Gasteiger partial charge on any atom is 0.319 e. The molecule has 1 aromatic carbocycles. The van der Waals surface area contributed by atoms with Crippen molar-refractivity contribution in [2.45, 2.75) is 6.42 Å². The van der Waals surface area contributed by atoms with E-state index in [1.54, 1.807) is 18.2 Å². The van der Waals surface area contributed by atoms with Crippen molar-refractivity contribution >= 4 is 11.7 Å². The summed E-state index contributed by atoms with van der Waals surface area (Å²) in [5.74, 6) is 0.0230. The van der Waals surface area contributed by atoms with Gasteiger partial charge in [-0.15, -0.1) is 0 Å². The van der Waals surface area contributed by atoms with Gasteiger partial charge in [0.25, 0.3) is 0 Å². The van der Waals surface area contributed by atoms with Crippen LogP contribution in [0.5, 0.6) is 5.75 Å². The van der Waals surface area contributed by atoms with Crippen LogP contribution < -0.4 is 10.6 Å². The first-order valence-corrected chi connectivity index (χ1v) is 4.67. The quantitative estimate of drug-likeness (QED) is 0.440. The highest BCUT2D eigenvalue weighted by molar-refractivity contribution is 5.90. The molecular weight excluding hydrogens is 196 g/mol. The Morgan fingerprint density at radius 2 is 2.07 bits per heavy atom. The van der Waals surface area contributed by atoms with Crippen molar-refractivity contribution in [2.24, 2.45) is 0 Å². The molecule has 0 aliphatic rings. The van der Waals surface area contributed by atoms with Gasteiger partial charge in [-0.2, -0.15) is 0 Å². The number of phenolic OH excluding ortho intramolecular Hbond substituents is 1. The Bertz CT molecular complexity index is 328. The number of carbonyl (C=O) groups excluding carboxylic acids is 1. The van der Waals surface area contributed by atoms with Crippen LogP contribution in [0, 0.1) is 0 Å². The van der Waals surface area contributed by atoms with Crippen molar-refractivity contribution < 1.29 is 15.0 Å². The van der Waals surface area contributed by atoms with Crippen LogP contribution in [-0.2, 0) is 0 Å². The molecule has 0 saturated heterocycles. The lowest BCUT2D eigenvalue weighted by atomic mass is 10.3. The predicted molar refractivity (Wildman–Crippen MR) is 56.8 cm³/mol. The predicted octanol–water partition coefficient (Wildman–Crippen LogP) is 0.896. The van der Waals surface area contributed by atoms with E-state index in [0.29, 0.717) is 18.7 Å². The zero-order valence-electron chi connectivity index (χ0n) is 8.23. The van der Waals surface area contributed by atoms with Crippen LogP contribution in [0.15, 0.2) is 24.3 Å². The summed E-state index contributed by atoms with van der Waals surface area (Å²) in [6.07, 6.45) is 0.508. The number of para-hydroxylation sites is 2. The number of aromatic hydroxyl groups is 1. The van der Waals surface area contributed by atoms with Crippen LogP contribution in [0.3, 0.4) is 0 Å². The SMILES string of the molecule is O=C(NCCCO)Nc1ccccc1O. The Hall–Kier alpha value is -1.75. The molecular formula is C10H14N2O3. The number of carbonyl (C=O) groups is 1. The second kappa shape index (κ2) is 5.87. The van der Waals surface area contributed by atoms with Crippen LogP contribution in [0.1, 0.15) is 6.42 Å². The van der Waals surface area contributed by atoms with E-state index in [1.165, 1.54) is 6.07 Å². The highest BCUT2D eigenvalue weighted by Crippen LogP contribution is 2.20. The maximum absolute atomic E-state index is 11.2. The highest BCUT2D eigenvalue weighted by Gasteiger charge is 2.03. The van der Waals surface area contributed by atoms with E-state index < -0.39 is 6.03 Å². The average molecular weight is 210 g/mol. The van der Waals surface area contributed by atoms with E-state index in [2.05, 4.69) is 10.6 Å². The fourth-order valence-corrected chi connectivity index (χ4v) is 1.03. The molecule has 1 aromatic rings. The summed E-state index contributed by atoms with van der Waals surface area (Å²) < 4.78 is 0. The number of benzene rings is 1. The molecule has 0 spiro atoms. The summed E-state index contributed by atoms with van der Waals surface area (Å²) in [5.41, 5.74) is 0.360. The molecule has 0 radical (unpaired) electrons. The average Bonchev–Trinajstić information content (AvgIpc) is 2.22. The molecule has 0 bridgehead atoms. The van der Waals surface area contributed by atoms with E-state index in [1.807, 2.05) is 0 Å². The standard InChI is InChI=1S/C10H14N2O3/c13-7-3-6-11-10(15)12-8-4-1-2-5-9(8)14/h1-2,4-5,13-14H,3,6-7H2,(H2,11,12,15). The smallest absolute Gasteiger partial charge is 0.319 e. The van der Waals surface area contributed by atoms with E-state index in [4.69, 9.17) is 5.11 Å². The molecule has 0 aromatic heterocycles. The van der Waals surface area contributed by atoms with Gasteiger partial charge >= 0.3 is 6.03 Å². The molecule has 5 nitrogen and oxygen atoms in total. The Kier molecular flexibility index (Phi) is 4.43. The molecule has 0 fully saturated rings. The van der Waals surface area contributed by atoms with Crippen molar-refractivity contribution in [2.75, 3.05) is 18.5 Å². The van der Waals surface area contributed by atoms with Gasteiger partial charge in [0.15, 0.2) is 0 Å². The molecule has 1 rings (SSSR count). The molecule has 4 N–H and O–H groups in total. The second-order valence-electron chi connectivity index (χ2n) is 2.98. The summed E-state index contributed by atoms with van der Waals surface area (Å²) in [7, 11) is 0. The lowest BCUT2D eigenvalue weighted by molar-refractivity contribution is 0.248. The number of nitrogens with one attached hydrogen (secondary N) is 2. The van der Waals surface area contributed by atoms with Gasteiger partial charge in [-0.3, -0.25) is 0 Å². The molecule has 0 aliphatic carbocycles. The topological polar surface area (TPSA) is 81.6 Å². The van der Waals surface area contributed by atoms with E-state index >= 15 is 0 Å². The monoisotopic (exact) mass is 210 g/mol. The Balaban J connectivity index is 2.41. The number of aliphatic hydroxyl groups excluding tert-OH is 1. The number of phenols is 1. The number of urea groups is 1. The zero-order chi connectivity index (χ0) is 11.1. The molecule has 0 saturated carbocycles. The fourth-order valence-electron chi connectivity index (χ4n) is 1.03. The third-order valence-electron chi connectivity index (χ3n) is 1.77. The summed E-state index contributed by atoms with van der Waals surface area (Å²) in [4.78, 5) is 11.2. The number of hydrogen-bond acceptors (Lipinski definition) is 3. The Morgan fingerprint density at radius 1 is 1.33 bits per heavy atom. The molecule has 5 heteroatoms. The third-order valence-corrected chi connectivity index (χ3v) is 1.77. The van der Waals surface area contributed by atoms with Crippen molar-refractivity contribution in [3.8, 4) is 5.75 Å². The van der Waals surface area contributed by atoms with E-state index in [9.17, 15) is 9.90 Å². The van der Waals surface area contributed by atoms with E-state index in [0.717, 1.165) is 0 Å². The minimum atomic E-state index is -0.398. The summed E-state index contributed by atoms with van der Waals surface area (Å²) in [5, 5.41) is 22.9. The molecule has 0 aliphatic heterocycles. The lowest BCUT2D eigenvalue weighted by Gasteiger charge is -2.07. The van der Waals surface area contributed by atoms with Crippen LogP contribution in [0.2, 0.25) is 0 Å². The first-order chi connectivity index (χ1) is 7.24. The van der Waals surface area contributed by atoms with Gasteiger partial charge in [-0.05, 0) is 18.6 Å². The van der Waals surface area contributed by atoms with Crippen molar-refractivity contribution in [1.82, 2.24) is 5.32 Å². The summed E-state index contributed by atoms with van der Waals surface area (Å²) in [6.45, 7) is 0.437. The molecule has 2 amide bonds. The van der Waals surface area contributed by atoms with Gasteiger partial charge in [0.1, 0.15) is 5.75 Å². The Morgan fingerprint density at radius 3 is 2.73 bits per heavy atom. The Labute approximate surface area is 87.7 Å². The molecule has 0 atom stereocenters. The number of rotatable bonds is 4. The van der Waals surface area contributed by atoms with Crippen molar-refractivity contribution in [1.29, 1.82) is 0 Å². The van der Waals surface area contributed by atoms with E-state index in [-0.39, 0.29) is 12.4 Å². The van der Waals surface area contributed by atoms with Crippen LogP contribution in [-0.4, -0.2) is 29.4 Å². The van der Waals surface area contributed by atoms with Crippen molar-refractivity contribution in [3.63, 3.8) is 0 Å². The maximum atomic E-state index is 11.2. The lowest BCUT2D eigenvalue weighted by Crippen LogP contribution is -2.29. The highest BCUT2D eigenvalue weighted by atomic mass is 16.3. The molecule has 0 unspecified atom stereocenters. The van der Waals surface area contributed by atoms with Crippen LogP contribution in [0.4, 0.5) is 10.5 Å². The minimum absolute atomic E-state index is 0.0230. The molecule has 15 heavy (non-hydrogen) atoms. The molecule has 0 heterocycles. The summed E-state index contributed by atoms with van der Waals surface area (Å²) >= 11 is 0. The fraction of sp³-hybridized carbons (Fsp3) is 0.300. The second-order valence-corrected chi connectivity index (χ2v) is 2.98. The largest absolute Gasteiger partial charge is 0.506 e. The van der Waals surface area contributed by atoms with Crippen LogP contribution in [0.25, 0.3) is 0 Å². The first kappa shape index (κ1) is 11.3. The first-order valence-electron chi connectivity index (χ1n) is 4.67. The number of amides is 2. The van der Waals surface area contributed by atoms with Crippen LogP contribution >= 0.6 is 0 Å². The van der Waals surface area contributed by atoms with Gasteiger partial charge in [0, 0.05) is 13.2 Å². The van der Waals surface area contributed by atoms with Gasteiger partial charge < -0.3 is 20.8 Å². The van der Waals surface area contributed by atoms with Gasteiger partial charge in [-0.1, -0.05) is 12.1 Å². The zero-order valence-corrected chi connectivity index (χ0v) is 8.23. The van der Waals surface area contributed by atoms with Crippen molar-refractivity contribution in [3.05, 3.63) is 24.3 Å².